The highest BCUT2D eigenvalue weighted by atomic mass is 32.2. The molecule has 0 fully saturated rings. The number of hydrogen-bond acceptors (Lipinski definition) is 4. The molecule has 0 aromatic rings. The third-order valence-corrected chi connectivity index (χ3v) is 3.40. The second-order valence-electron chi connectivity index (χ2n) is 4.17. The average molecular weight is 246 g/mol. The van der Waals surface area contributed by atoms with Crippen LogP contribution < -0.4 is 0 Å². The van der Waals surface area contributed by atoms with Gasteiger partial charge in [-0.3, -0.25) is 9.59 Å². The Hall–Kier alpha value is -0.510. The van der Waals surface area contributed by atoms with Crippen LogP contribution in [0.15, 0.2) is 0 Å². The number of hydrogen-bond donors (Lipinski definition) is 0. The SMILES string of the molecule is CCCCSCC(=O)C(C)(C)C(=O)OCC. The summed E-state index contributed by atoms with van der Waals surface area (Å²) in [7, 11) is 0. The van der Waals surface area contributed by atoms with Crippen LogP contribution in [0, 0.1) is 5.41 Å². The molecular formula is C12H22O3S. The first-order valence-corrected chi connectivity index (χ1v) is 6.90. The minimum absolute atomic E-state index is 0.0490. The van der Waals surface area contributed by atoms with Gasteiger partial charge >= 0.3 is 5.97 Å². The van der Waals surface area contributed by atoms with Crippen LogP contribution in [0.4, 0.5) is 0 Å². The Labute approximate surface area is 102 Å². The molecule has 0 aromatic heterocycles. The van der Waals surface area contributed by atoms with Gasteiger partial charge in [0.05, 0.1) is 12.4 Å². The Morgan fingerprint density at radius 1 is 1.25 bits per heavy atom. The number of ether oxygens (including phenoxy) is 1. The van der Waals surface area contributed by atoms with Crippen LogP contribution in [0.1, 0.15) is 40.5 Å². The van der Waals surface area contributed by atoms with E-state index in [4.69, 9.17) is 4.74 Å². The second kappa shape index (κ2) is 7.71. The first kappa shape index (κ1) is 15.5. The molecule has 0 heterocycles. The molecule has 0 aromatic carbocycles. The zero-order valence-corrected chi connectivity index (χ0v) is 11.5. The van der Waals surface area contributed by atoms with Crippen LogP contribution in [0.2, 0.25) is 0 Å². The fourth-order valence-corrected chi connectivity index (χ4v) is 2.20. The van der Waals surface area contributed by atoms with Crippen LogP contribution in [0.3, 0.4) is 0 Å². The van der Waals surface area contributed by atoms with Gasteiger partial charge in [0.2, 0.25) is 0 Å². The van der Waals surface area contributed by atoms with Gasteiger partial charge in [-0.1, -0.05) is 13.3 Å². The maximum absolute atomic E-state index is 11.8. The first-order valence-electron chi connectivity index (χ1n) is 5.75. The van der Waals surface area contributed by atoms with Crippen molar-refractivity contribution in [2.75, 3.05) is 18.1 Å². The highest BCUT2D eigenvalue weighted by Crippen LogP contribution is 2.21. The molecule has 0 bridgehead atoms. The van der Waals surface area contributed by atoms with E-state index in [1.807, 2.05) is 0 Å². The van der Waals surface area contributed by atoms with Gasteiger partial charge in [0.1, 0.15) is 5.41 Å². The maximum Gasteiger partial charge on any atom is 0.319 e. The van der Waals surface area contributed by atoms with Gasteiger partial charge in [0.25, 0.3) is 0 Å². The van der Waals surface area contributed by atoms with Gasteiger partial charge in [0.15, 0.2) is 5.78 Å². The summed E-state index contributed by atoms with van der Waals surface area (Å²) >= 11 is 1.59. The molecule has 0 saturated carbocycles. The van der Waals surface area contributed by atoms with Crippen LogP contribution in [0.5, 0.6) is 0 Å². The molecule has 0 atom stereocenters. The molecule has 0 amide bonds. The topological polar surface area (TPSA) is 43.4 Å². The lowest BCUT2D eigenvalue weighted by Gasteiger charge is -2.20. The monoisotopic (exact) mass is 246 g/mol. The zero-order chi connectivity index (χ0) is 12.6. The number of Topliss-reactive ketones (excluding diaryl/α,β-unsaturated/α-hetero) is 1. The highest BCUT2D eigenvalue weighted by molar-refractivity contribution is 7.99. The molecular weight excluding hydrogens is 224 g/mol. The molecule has 0 radical (unpaired) electrons. The van der Waals surface area contributed by atoms with E-state index in [1.165, 1.54) is 0 Å². The number of rotatable bonds is 8. The number of ketones is 1. The summed E-state index contributed by atoms with van der Waals surface area (Å²) in [6.45, 7) is 7.44. The molecule has 0 unspecified atom stereocenters. The molecule has 0 aliphatic carbocycles. The van der Waals surface area contributed by atoms with Gasteiger partial charge in [0, 0.05) is 0 Å². The van der Waals surface area contributed by atoms with Crippen LogP contribution in [-0.4, -0.2) is 29.9 Å². The molecule has 0 spiro atoms. The van der Waals surface area contributed by atoms with Gasteiger partial charge in [-0.25, -0.2) is 0 Å². The number of carbonyl (C=O) groups is 2. The zero-order valence-electron chi connectivity index (χ0n) is 10.7. The van der Waals surface area contributed by atoms with E-state index in [-0.39, 0.29) is 5.78 Å². The molecule has 0 aliphatic rings. The van der Waals surface area contributed by atoms with Crippen molar-refractivity contribution in [3.05, 3.63) is 0 Å². The van der Waals surface area contributed by atoms with Crippen molar-refractivity contribution in [2.24, 2.45) is 5.41 Å². The molecule has 4 heteroatoms. The van der Waals surface area contributed by atoms with E-state index in [0.29, 0.717) is 12.4 Å². The third-order valence-electron chi connectivity index (χ3n) is 2.36. The summed E-state index contributed by atoms with van der Waals surface area (Å²) in [5.74, 6) is 0.899. The summed E-state index contributed by atoms with van der Waals surface area (Å²) in [5, 5.41) is 0. The Morgan fingerprint density at radius 2 is 1.88 bits per heavy atom. The molecule has 94 valence electrons. The van der Waals surface area contributed by atoms with Crippen molar-refractivity contribution in [1.82, 2.24) is 0 Å². The summed E-state index contributed by atoms with van der Waals surface area (Å²) in [6.07, 6.45) is 2.24. The van der Waals surface area contributed by atoms with Crippen LogP contribution in [0.25, 0.3) is 0 Å². The largest absolute Gasteiger partial charge is 0.465 e. The van der Waals surface area contributed by atoms with E-state index >= 15 is 0 Å². The lowest BCUT2D eigenvalue weighted by atomic mass is 9.89. The smallest absolute Gasteiger partial charge is 0.319 e. The Kier molecular flexibility index (Phi) is 7.47. The van der Waals surface area contributed by atoms with Crippen molar-refractivity contribution >= 4 is 23.5 Å². The van der Waals surface area contributed by atoms with Crippen molar-refractivity contribution in [2.45, 2.75) is 40.5 Å². The van der Waals surface area contributed by atoms with Gasteiger partial charge in [-0.15, -0.1) is 0 Å². The van der Waals surface area contributed by atoms with Crippen molar-refractivity contribution in [1.29, 1.82) is 0 Å². The predicted octanol–water partition coefficient (Wildman–Crippen LogP) is 2.68. The summed E-state index contributed by atoms with van der Waals surface area (Å²) in [6, 6.07) is 0. The van der Waals surface area contributed by atoms with E-state index in [9.17, 15) is 9.59 Å². The molecule has 0 saturated heterocycles. The van der Waals surface area contributed by atoms with Crippen LogP contribution >= 0.6 is 11.8 Å². The summed E-state index contributed by atoms with van der Waals surface area (Å²) in [4.78, 5) is 23.4. The van der Waals surface area contributed by atoms with E-state index in [2.05, 4.69) is 6.92 Å². The second-order valence-corrected chi connectivity index (χ2v) is 5.28. The molecule has 0 rings (SSSR count). The fraction of sp³-hybridized carbons (Fsp3) is 0.833. The van der Waals surface area contributed by atoms with Crippen molar-refractivity contribution in [3.63, 3.8) is 0 Å². The van der Waals surface area contributed by atoms with Crippen LogP contribution in [-0.2, 0) is 14.3 Å². The quantitative estimate of drug-likeness (QED) is 0.375. The van der Waals surface area contributed by atoms with E-state index < -0.39 is 11.4 Å². The molecule has 3 nitrogen and oxygen atoms in total. The number of thioether (sulfide) groups is 1. The summed E-state index contributed by atoms with van der Waals surface area (Å²) < 4.78 is 4.89. The maximum atomic E-state index is 11.8. The number of unbranched alkanes of at least 4 members (excludes halogenated alkanes) is 1. The Balaban J connectivity index is 4.08. The van der Waals surface area contributed by atoms with E-state index in [1.54, 1.807) is 32.5 Å². The normalized spacial score (nSPS) is 11.2. The van der Waals surface area contributed by atoms with Crippen molar-refractivity contribution in [3.8, 4) is 0 Å². The predicted molar refractivity (Wildman–Crippen MR) is 67.7 cm³/mol. The highest BCUT2D eigenvalue weighted by Gasteiger charge is 2.36. The summed E-state index contributed by atoms with van der Waals surface area (Å²) in [5.41, 5.74) is -1.00. The minimum Gasteiger partial charge on any atom is -0.465 e. The Morgan fingerprint density at radius 3 is 2.38 bits per heavy atom. The fourth-order valence-electron chi connectivity index (χ4n) is 1.02. The van der Waals surface area contributed by atoms with E-state index in [0.717, 1.165) is 18.6 Å². The lowest BCUT2D eigenvalue weighted by Crippen LogP contribution is -2.36. The lowest BCUT2D eigenvalue weighted by molar-refractivity contribution is -0.157. The van der Waals surface area contributed by atoms with Crippen molar-refractivity contribution < 1.29 is 14.3 Å². The minimum atomic E-state index is -1.00. The van der Waals surface area contributed by atoms with Gasteiger partial charge in [-0.05, 0) is 32.9 Å². The molecule has 0 N–H and O–H groups in total. The molecule has 16 heavy (non-hydrogen) atoms. The third kappa shape index (κ3) is 5.01. The number of esters is 1. The van der Waals surface area contributed by atoms with Gasteiger partial charge < -0.3 is 4.74 Å². The molecule has 0 aliphatic heterocycles. The average Bonchev–Trinajstić information content (AvgIpc) is 2.24. The first-order chi connectivity index (χ1) is 7.46. The standard InChI is InChI=1S/C12H22O3S/c1-5-7-8-16-9-10(13)12(3,4)11(14)15-6-2/h5-9H2,1-4H3. The number of carbonyl (C=O) groups excluding carboxylic acids is 2. The van der Waals surface area contributed by atoms with Gasteiger partial charge in [-0.2, -0.15) is 11.8 Å². The Bertz CT molecular complexity index is 236.